The van der Waals surface area contributed by atoms with E-state index in [0.29, 0.717) is 0 Å². The molecule has 0 atom stereocenters. The van der Waals surface area contributed by atoms with Gasteiger partial charge < -0.3 is 13.7 Å². The number of thiophene rings is 3. The zero-order chi connectivity index (χ0) is 87.4. The number of hydrogen-bond acceptors (Lipinski definition) is 3. The van der Waals surface area contributed by atoms with E-state index in [1.807, 2.05) is 34.0 Å². The van der Waals surface area contributed by atoms with E-state index >= 15 is 0 Å². The minimum Gasteiger partial charge on any atom is -0.316 e. The number of rotatable bonds is 14. The van der Waals surface area contributed by atoms with Gasteiger partial charge in [0.2, 0.25) is 0 Å². The first-order valence-corrected chi connectivity index (χ1v) is 47.4. The van der Waals surface area contributed by atoms with E-state index in [-0.39, 0.29) is 0 Å². The predicted molar refractivity (Wildman–Crippen MR) is 568 cm³/mol. The highest BCUT2D eigenvalue weighted by atomic mass is 32.1. The molecule has 0 aliphatic heterocycles. The van der Waals surface area contributed by atoms with E-state index < -0.39 is 0 Å². The van der Waals surface area contributed by atoms with Crippen molar-refractivity contribution < 1.29 is 0 Å². The zero-order valence-electron chi connectivity index (χ0n) is 72.0. The molecule has 6 heterocycles. The Hall–Kier alpha value is -16.3. The number of benzene rings is 20. The van der Waals surface area contributed by atoms with Crippen LogP contribution in [0, 0.1) is 0 Å². The van der Waals surface area contributed by atoms with Gasteiger partial charge in [0.1, 0.15) is 0 Å². The van der Waals surface area contributed by atoms with Crippen LogP contribution in [-0.2, 0) is 0 Å². The molecule has 6 aromatic heterocycles. The highest BCUT2D eigenvalue weighted by Crippen LogP contribution is 2.47. The number of nitrogens with zero attached hydrogens (tertiary/aromatic N) is 3. The summed E-state index contributed by atoms with van der Waals surface area (Å²) in [5.41, 5.74) is 34.2. The number of hydrogen-bond donors (Lipinski definition) is 0. The molecule has 0 fully saturated rings. The van der Waals surface area contributed by atoms with Crippen molar-refractivity contribution in [3.63, 3.8) is 0 Å². The first-order chi connectivity index (χ1) is 65.4. The van der Waals surface area contributed by atoms with Crippen LogP contribution in [-0.4, -0.2) is 13.7 Å². The highest BCUT2D eigenvalue weighted by Gasteiger charge is 2.22. The van der Waals surface area contributed by atoms with Gasteiger partial charge in [-0.25, -0.2) is 0 Å². The standard InChI is InChI=1S/2C44H29NS.C38H25NS/c1-3-10-30(11-4-1)32-18-20-34(21-19-32)36-26-27-41-39(28-36)40(35-24-22-33(23-25-35)31-12-5-2-6-13-31)29-45(41)42-16-9-15-38-37-14-7-8-17-43(37)46-44(38)42;1-3-9-30(10-4-1)32-15-17-34(18-16-32)36-23-25-42-39(27-36)41(35-21-19-33(20-22-35)31-11-5-2-6-12-31)29-45(42)37-24-26-44-40(28-37)38-13-7-8-14-43(38)46-44;1-3-10-26(11-4-1)29-20-23-36-34(24-29)35(27-12-5-2-6-13-27)25-39(36)30-21-18-28(19-22-30)31-15-9-16-33-32-14-7-8-17-37(32)40-38(31)33/h2*1-29H;1-25H. The first-order valence-electron chi connectivity index (χ1n) is 45.0. The van der Waals surface area contributed by atoms with Gasteiger partial charge >= 0.3 is 0 Å². The minimum atomic E-state index is 1.16. The van der Waals surface area contributed by atoms with Gasteiger partial charge in [-0.3, -0.25) is 0 Å². The zero-order valence-corrected chi connectivity index (χ0v) is 74.4. The first kappa shape index (κ1) is 79.1. The van der Waals surface area contributed by atoms with Gasteiger partial charge in [-0.2, -0.15) is 0 Å². The Morgan fingerprint density at radius 1 is 0.136 bits per heavy atom. The summed E-state index contributed by atoms with van der Waals surface area (Å²) in [4.78, 5) is 0. The summed E-state index contributed by atoms with van der Waals surface area (Å²) >= 11 is 5.62. The molecule has 3 nitrogen and oxygen atoms in total. The van der Waals surface area contributed by atoms with E-state index in [9.17, 15) is 0 Å². The second kappa shape index (κ2) is 34.4. The van der Waals surface area contributed by atoms with Crippen LogP contribution in [0.3, 0.4) is 0 Å². The lowest BCUT2D eigenvalue weighted by Gasteiger charge is -2.09. The second-order valence-corrected chi connectivity index (χ2v) is 37.0. The second-order valence-electron chi connectivity index (χ2n) is 33.8. The van der Waals surface area contributed by atoms with E-state index in [4.69, 9.17) is 0 Å². The summed E-state index contributed by atoms with van der Waals surface area (Å²) in [5, 5.41) is 11.7. The fourth-order valence-electron chi connectivity index (χ4n) is 19.3. The largest absolute Gasteiger partial charge is 0.316 e. The van der Waals surface area contributed by atoms with Crippen molar-refractivity contribution >= 4 is 127 Å². The molecule has 132 heavy (non-hydrogen) atoms. The van der Waals surface area contributed by atoms with Crippen LogP contribution in [0.25, 0.3) is 233 Å². The summed E-state index contributed by atoms with van der Waals surface area (Å²) in [6.07, 6.45) is 6.94. The SMILES string of the molecule is c1ccc(-c2ccc(-c3ccc4c(c3)c(-c3ccc(-c5ccccc5)cc3)cn4-c3ccc4sc5ccccc5c4c3)cc2)cc1.c1ccc(-c2ccc(-c3ccc4c(c3)c(-c3ccc(-c5ccccc5)cc3)cn4-c3cccc4c3sc3ccccc34)cc2)cc1.c1ccc(-c2ccc3c(c2)c(-c2ccccc2)cn3-c2ccc(-c3cccc4c3sc3ccccc34)cc2)cc1. The van der Waals surface area contributed by atoms with Crippen molar-refractivity contribution in [2.75, 3.05) is 0 Å². The Morgan fingerprint density at radius 2 is 0.402 bits per heavy atom. The van der Waals surface area contributed by atoms with Crippen molar-refractivity contribution in [1.29, 1.82) is 0 Å². The van der Waals surface area contributed by atoms with Crippen LogP contribution in [0.4, 0.5) is 0 Å². The van der Waals surface area contributed by atoms with Gasteiger partial charge in [0, 0.05) is 119 Å². The molecule has 620 valence electrons. The molecule has 0 saturated carbocycles. The predicted octanol–water partition coefficient (Wildman–Crippen LogP) is 36.3. The molecule has 0 N–H and O–H groups in total. The summed E-state index contributed by atoms with van der Waals surface area (Å²) in [7, 11) is 0. The monoisotopic (exact) mass is 1730 g/mol. The fourth-order valence-corrected chi connectivity index (χ4v) is 22.8. The van der Waals surface area contributed by atoms with E-state index in [2.05, 4.69) is 518 Å². The average molecular weight is 1740 g/mol. The van der Waals surface area contributed by atoms with Crippen LogP contribution in [0.1, 0.15) is 0 Å². The van der Waals surface area contributed by atoms with Crippen molar-refractivity contribution in [3.8, 4) is 139 Å². The smallest absolute Gasteiger partial charge is 0.0634 e. The van der Waals surface area contributed by atoms with Crippen molar-refractivity contribution in [1.82, 2.24) is 13.7 Å². The number of aromatic nitrogens is 3. The maximum absolute atomic E-state index is 2.40. The Bertz CT molecular complexity index is 8720. The van der Waals surface area contributed by atoms with E-state index in [1.54, 1.807) is 0 Å². The lowest BCUT2D eigenvalue weighted by molar-refractivity contribution is 1.13. The third kappa shape index (κ3) is 15.0. The molecule has 0 radical (unpaired) electrons. The highest BCUT2D eigenvalue weighted by molar-refractivity contribution is 7.27. The Morgan fingerprint density at radius 3 is 0.833 bits per heavy atom. The van der Waals surface area contributed by atoms with Crippen LogP contribution < -0.4 is 0 Å². The topological polar surface area (TPSA) is 14.8 Å². The molecule has 0 aliphatic rings. The van der Waals surface area contributed by atoms with Gasteiger partial charge in [0.05, 0.1) is 26.9 Å². The summed E-state index contributed by atoms with van der Waals surface area (Å²) in [5.74, 6) is 0. The maximum atomic E-state index is 2.40. The quantitative estimate of drug-likeness (QED) is 0.103. The minimum absolute atomic E-state index is 1.16. The third-order valence-electron chi connectivity index (χ3n) is 26.0. The molecule has 20 aromatic carbocycles. The van der Waals surface area contributed by atoms with Crippen molar-refractivity contribution in [3.05, 3.63) is 504 Å². The van der Waals surface area contributed by atoms with Gasteiger partial charge in [0.15, 0.2) is 0 Å². The summed E-state index contributed by atoms with van der Waals surface area (Å²) in [6, 6.07) is 176. The van der Waals surface area contributed by atoms with Crippen molar-refractivity contribution in [2.45, 2.75) is 0 Å². The van der Waals surface area contributed by atoms with E-state index in [1.165, 1.54) is 227 Å². The molecular formula is C126H83N3S3. The third-order valence-corrected chi connectivity index (χ3v) is 29.6. The molecule has 6 heteroatoms. The number of fused-ring (bicyclic) bond motifs is 12. The normalized spacial score (nSPS) is 11.5. The van der Waals surface area contributed by atoms with Crippen LogP contribution >= 0.6 is 34.0 Å². The molecule has 0 aliphatic carbocycles. The Balaban J connectivity index is 0.000000110. The van der Waals surface area contributed by atoms with Crippen LogP contribution in [0.5, 0.6) is 0 Å². The van der Waals surface area contributed by atoms with Gasteiger partial charge in [-0.05, 0) is 197 Å². The molecule has 0 spiro atoms. The van der Waals surface area contributed by atoms with E-state index in [0.717, 1.165) is 5.69 Å². The van der Waals surface area contributed by atoms with Gasteiger partial charge in [0.25, 0.3) is 0 Å². The van der Waals surface area contributed by atoms with Crippen LogP contribution in [0.15, 0.2) is 504 Å². The summed E-state index contributed by atoms with van der Waals surface area (Å²) < 4.78 is 15.1. The Kier molecular flexibility index (Phi) is 20.6. The summed E-state index contributed by atoms with van der Waals surface area (Å²) in [6.45, 7) is 0. The van der Waals surface area contributed by atoms with Gasteiger partial charge in [-0.15, -0.1) is 34.0 Å². The Labute approximate surface area is 778 Å². The molecule has 0 bridgehead atoms. The molecule has 0 amide bonds. The van der Waals surface area contributed by atoms with Crippen LogP contribution in [0.2, 0.25) is 0 Å². The fraction of sp³-hybridized carbons (Fsp3) is 0. The molecule has 26 aromatic rings. The maximum Gasteiger partial charge on any atom is 0.0634 e. The van der Waals surface area contributed by atoms with Crippen molar-refractivity contribution in [2.24, 2.45) is 0 Å². The molecule has 0 unspecified atom stereocenters. The molecular weight excluding hydrogens is 1650 g/mol. The average Bonchev–Trinajstić information content (AvgIpc) is 1.66. The lowest BCUT2D eigenvalue weighted by atomic mass is 9.97. The van der Waals surface area contributed by atoms with Gasteiger partial charge in [-0.1, -0.05) is 394 Å². The molecule has 0 saturated heterocycles. The molecule has 26 rings (SSSR count). The lowest BCUT2D eigenvalue weighted by Crippen LogP contribution is -1.92.